The second kappa shape index (κ2) is 8.66. The van der Waals surface area contributed by atoms with E-state index in [1.54, 1.807) is 12.0 Å². The molecule has 2 amide bonds. The summed E-state index contributed by atoms with van der Waals surface area (Å²) in [5.74, 6) is 0.702. The zero-order valence-electron chi connectivity index (χ0n) is 16.8. The Hall–Kier alpha value is -2.86. The van der Waals surface area contributed by atoms with Crippen LogP contribution in [0, 0.1) is 0 Å². The molecular weight excluding hydrogens is 366 g/mol. The molecule has 0 spiro atoms. The number of benzene rings is 2. The van der Waals surface area contributed by atoms with Gasteiger partial charge in [-0.3, -0.25) is 14.5 Å². The third-order valence-electron chi connectivity index (χ3n) is 5.95. The Balaban J connectivity index is 1.55. The van der Waals surface area contributed by atoms with Crippen molar-refractivity contribution in [3.05, 3.63) is 54.1 Å². The summed E-state index contributed by atoms with van der Waals surface area (Å²) in [4.78, 5) is 28.3. The molecular formula is C23H28N3O3+. The van der Waals surface area contributed by atoms with Crippen molar-refractivity contribution < 1.29 is 19.2 Å². The molecule has 2 aromatic carbocycles. The highest BCUT2D eigenvalue weighted by Crippen LogP contribution is 2.29. The summed E-state index contributed by atoms with van der Waals surface area (Å²) in [6.07, 6.45) is 4.54. The first-order chi connectivity index (χ1) is 14.2. The summed E-state index contributed by atoms with van der Waals surface area (Å²) in [6.45, 7) is 1.43. The van der Waals surface area contributed by atoms with Crippen molar-refractivity contribution in [2.45, 2.75) is 31.7 Å². The molecule has 0 aliphatic carbocycles. The number of carbonyl (C=O) groups excluding carboxylic acids is 2. The van der Waals surface area contributed by atoms with Crippen LogP contribution in [-0.2, 0) is 9.59 Å². The predicted molar refractivity (Wildman–Crippen MR) is 112 cm³/mol. The normalized spacial score (nSPS) is 21.7. The molecule has 2 heterocycles. The fraction of sp³-hybridized carbons (Fsp3) is 0.391. The predicted octanol–water partition coefficient (Wildman–Crippen LogP) is 2.18. The topological polar surface area (TPSA) is 63.1 Å². The third kappa shape index (κ3) is 4.27. The molecule has 0 radical (unpaired) electrons. The van der Waals surface area contributed by atoms with Crippen molar-refractivity contribution in [3.63, 3.8) is 0 Å². The van der Waals surface area contributed by atoms with Crippen LogP contribution < -0.4 is 19.9 Å². The monoisotopic (exact) mass is 394 g/mol. The van der Waals surface area contributed by atoms with Crippen LogP contribution in [0.5, 0.6) is 5.75 Å². The maximum absolute atomic E-state index is 13.3. The average Bonchev–Trinajstić information content (AvgIpc) is 2.98. The first-order valence-corrected chi connectivity index (χ1v) is 10.3. The summed E-state index contributed by atoms with van der Waals surface area (Å²) >= 11 is 0. The van der Waals surface area contributed by atoms with Gasteiger partial charge in [-0.1, -0.05) is 12.1 Å². The fourth-order valence-corrected chi connectivity index (χ4v) is 4.45. The van der Waals surface area contributed by atoms with E-state index in [-0.39, 0.29) is 24.4 Å². The van der Waals surface area contributed by atoms with Crippen molar-refractivity contribution >= 4 is 23.2 Å². The first-order valence-electron chi connectivity index (χ1n) is 10.3. The Labute approximate surface area is 171 Å². The van der Waals surface area contributed by atoms with Gasteiger partial charge in [-0.2, -0.15) is 0 Å². The molecule has 2 aliphatic heterocycles. The molecule has 1 fully saturated rings. The van der Waals surface area contributed by atoms with Gasteiger partial charge in [0.25, 0.3) is 5.91 Å². The van der Waals surface area contributed by atoms with Crippen molar-refractivity contribution in [3.8, 4) is 5.75 Å². The van der Waals surface area contributed by atoms with Crippen molar-refractivity contribution in [2.24, 2.45) is 0 Å². The number of quaternary nitrogens is 1. The lowest BCUT2D eigenvalue weighted by atomic mass is 10.0. The van der Waals surface area contributed by atoms with Gasteiger partial charge < -0.3 is 15.0 Å². The molecule has 2 aliphatic rings. The lowest BCUT2D eigenvalue weighted by Crippen LogP contribution is -3.13. The second-order valence-electron chi connectivity index (χ2n) is 7.81. The highest BCUT2D eigenvalue weighted by molar-refractivity contribution is 6.10. The smallest absolute Gasteiger partial charge is 0.282 e. The van der Waals surface area contributed by atoms with Gasteiger partial charge in [-0.25, -0.2) is 0 Å². The molecule has 29 heavy (non-hydrogen) atoms. The minimum absolute atomic E-state index is 0.00251. The number of methoxy groups -OCH3 is 1. The summed E-state index contributed by atoms with van der Waals surface area (Å²) < 4.78 is 5.29. The number of carbonyl (C=O) groups is 2. The zero-order valence-corrected chi connectivity index (χ0v) is 16.8. The van der Waals surface area contributed by atoms with E-state index in [1.807, 2.05) is 36.4 Å². The molecule has 2 atom stereocenters. The van der Waals surface area contributed by atoms with Gasteiger partial charge in [0.2, 0.25) is 5.91 Å². The van der Waals surface area contributed by atoms with E-state index in [0.717, 1.165) is 30.8 Å². The largest absolute Gasteiger partial charge is 0.497 e. The molecule has 0 bridgehead atoms. The minimum Gasteiger partial charge on any atom is -0.497 e. The van der Waals surface area contributed by atoms with E-state index in [2.05, 4.69) is 17.4 Å². The quantitative estimate of drug-likeness (QED) is 0.836. The summed E-state index contributed by atoms with van der Waals surface area (Å²) in [5, 5.41) is 2.85. The highest BCUT2D eigenvalue weighted by Gasteiger charge is 2.33. The number of para-hydroxylation sites is 2. The molecule has 4 rings (SSSR count). The number of hydrogen-bond donors (Lipinski definition) is 2. The molecule has 6 nitrogen and oxygen atoms in total. The van der Waals surface area contributed by atoms with E-state index in [9.17, 15) is 9.59 Å². The lowest BCUT2D eigenvalue weighted by molar-refractivity contribution is -0.923. The van der Waals surface area contributed by atoms with Gasteiger partial charge in [0.1, 0.15) is 18.3 Å². The van der Waals surface area contributed by atoms with Crippen molar-refractivity contribution in [1.82, 2.24) is 0 Å². The number of fused-ring (bicyclic) bond motifs is 1. The highest BCUT2D eigenvalue weighted by atomic mass is 16.5. The SMILES string of the molecule is COc1ccc([C@H]2CCCCC[NH+]2CC(=O)N2CC(=O)Nc3ccccc32)cc1. The molecule has 2 N–H and O–H groups in total. The second-order valence-corrected chi connectivity index (χ2v) is 7.81. The van der Waals surface area contributed by atoms with Gasteiger partial charge in [-0.05, 0) is 55.7 Å². The summed E-state index contributed by atoms with van der Waals surface area (Å²) in [5.41, 5.74) is 2.73. The Morgan fingerprint density at radius 2 is 1.93 bits per heavy atom. The van der Waals surface area contributed by atoms with Crippen LogP contribution in [0.15, 0.2) is 48.5 Å². The van der Waals surface area contributed by atoms with Crippen LogP contribution in [0.3, 0.4) is 0 Å². The maximum atomic E-state index is 13.3. The standard InChI is InChI=1S/C23H27N3O3/c1-29-18-12-10-17(11-13-18)20-8-3-2-6-14-25(20)16-23(28)26-15-22(27)24-19-7-4-5-9-21(19)26/h4-5,7,9-13,20H,2-3,6,8,14-16H2,1H3,(H,24,27)/p+1/t20-/m1/s1. The minimum atomic E-state index is -0.144. The molecule has 2 aromatic rings. The number of amides is 2. The average molecular weight is 394 g/mol. The van der Waals surface area contributed by atoms with Crippen molar-refractivity contribution in [1.29, 1.82) is 0 Å². The number of likely N-dealkylation sites (tertiary alicyclic amines) is 1. The van der Waals surface area contributed by atoms with Crippen LogP contribution in [0.1, 0.15) is 37.3 Å². The van der Waals surface area contributed by atoms with Gasteiger partial charge in [0, 0.05) is 12.0 Å². The van der Waals surface area contributed by atoms with Crippen LogP contribution in [0.25, 0.3) is 0 Å². The van der Waals surface area contributed by atoms with E-state index < -0.39 is 0 Å². The molecule has 0 aromatic heterocycles. The zero-order chi connectivity index (χ0) is 20.2. The maximum Gasteiger partial charge on any atom is 0.282 e. The van der Waals surface area contributed by atoms with E-state index in [0.29, 0.717) is 12.2 Å². The number of anilines is 2. The molecule has 0 saturated carbocycles. The third-order valence-corrected chi connectivity index (χ3v) is 5.95. The van der Waals surface area contributed by atoms with Crippen LogP contribution in [0.2, 0.25) is 0 Å². The Bertz CT molecular complexity index is 881. The van der Waals surface area contributed by atoms with E-state index >= 15 is 0 Å². The van der Waals surface area contributed by atoms with E-state index in [1.165, 1.54) is 23.3 Å². The number of hydrogen-bond acceptors (Lipinski definition) is 3. The van der Waals surface area contributed by atoms with Crippen LogP contribution in [0.4, 0.5) is 11.4 Å². The van der Waals surface area contributed by atoms with Gasteiger partial charge >= 0.3 is 0 Å². The lowest BCUT2D eigenvalue weighted by Gasteiger charge is -2.32. The molecule has 1 saturated heterocycles. The van der Waals surface area contributed by atoms with Gasteiger partial charge in [0.15, 0.2) is 6.54 Å². The molecule has 1 unspecified atom stereocenters. The Kier molecular flexibility index (Phi) is 5.81. The summed E-state index contributed by atoms with van der Waals surface area (Å²) in [6, 6.07) is 16.0. The molecule has 6 heteroatoms. The number of rotatable bonds is 4. The number of nitrogens with zero attached hydrogens (tertiary/aromatic N) is 1. The fourth-order valence-electron chi connectivity index (χ4n) is 4.45. The Morgan fingerprint density at radius 3 is 2.72 bits per heavy atom. The first kappa shape index (κ1) is 19.5. The van der Waals surface area contributed by atoms with E-state index in [4.69, 9.17) is 4.74 Å². The summed E-state index contributed by atoms with van der Waals surface area (Å²) in [7, 11) is 1.67. The van der Waals surface area contributed by atoms with Gasteiger partial charge in [0.05, 0.1) is 25.0 Å². The van der Waals surface area contributed by atoms with Crippen LogP contribution >= 0.6 is 0 Å². The van der Waals surface area contributed by atoms with Crippen LogP contribution in [-0.4, -0.2) is 38.6 Å². The number of ether oxygens (including phenoxy) is 1. The number of nitrogens with one attached hydrogen (secondary N) is 2. The molecule has 152 valence electrons. The van der Waals surface area contributed by atoms with Gasteiger partial charge in [-0.15, -0.1) is 0 Å². The Morgan fingerprint density at radius 1 is 1.14 bits per heavy atom. The van der Waals surface area contributed by atoms with Crippen molar-refractivity contribution in [2.75, 3.05) is 37.0 Å².